The van der Waals surface area contributed by atoms with Gasteiger partial charge in [-0.2, -0.15) is 4.98 Å². The molecule has 6 heteroatoms. The molecule has 0 aliphatic rings. The first kappa shape index (κ1) is 17.2. The Labute approximate surface area is 151 Å². The lowest BCUT2D eigenvalue weighted by atomic mass is 10.1. The van der Waals surface area contributed by atoms with Crippen molar-refractivity contribution in [2.45, 2.75) is 19.9 Å². The molecule has 0 aliphatic heterocycles. The van der Waals surface area contributed by atoms with Crippen LogP contribution in [0, 0.1) is 6.92 Å². The van der Waals surface area contributed by atoms with Gasteiger partial charge in [-0.1, -0.05) is 59.2 Å². The normalized spacial score (nSPS) is 10.7. The summed E-state index contributed by atoms with van der Waals surface area (Å²) in [4.78, 5) is 18.3. The Morgan fingerprint density at radius 2 is 1.88 bits per heavy atom. The SMILES string of the molecule is Cc1ccccc1-c1noc(CN(C)C(=O)Cc2ccccc2Cl)n1. The summed E-state index contributed by atoms with van der Waals surface area (Å²) in [7, 11) is 1.71. The molecule has 0 fully saturated rings. The van der Waals surface area contributed by atoms with Crippen LogP contribution in [-0.2, 0) is 17.8 Å². The first-order chi connectivity index (χ1) is 12.0. The topological polar surface area (TPSA) is 59.2 Å². The highest BCUT2D eigenvalue weighted by atomic mass is 35.5. The standard InChI is InChI=1S/C19H18ClN3O2/c1-13-7-3-5-9-15(13)19-21-17(25-22-19)12-23(2)18(24)11-14-8-4-6-10-16(14)20/h3-10H,11-12H2,1-2H3. The van der Waals surface area contributed by atoms with E-state index in [1.165, 1.54) is 0 Å². The van der Waals surface area contributed by atoms with E-state index in [0.29, 0.717) is 16.7 Å². The molecule has 0 N–H and O–H groups in total. The number of hydrogen-bond acceptors (Lipinski definition) is 4. The molecule has 0 unspecified atom stereocenters. The fraction of sp³-hybridized carbons (Fsp3) is 0.211. The van der Waals surface area contributed by atoms with Gasteiger partial charge >= 0.3 is 0 Å². The predicted octanol–water partition coefficient (Wildman–Crippen LogP) is 3.90. The largest absolute Gasteiger partial charge is 0.337 e. The molecule has 128 valence electrons. The van der Waals surface area contributed by atoms with Gasteiger partial charge in [0, 0.05) is 17.6 Å². The van der Waals surface area contributed by atoms with Crippen LogP contribution >= 0.6 is 11.6 Å². The van der Waals surface area contributed by atoms with Crippen LogP contribution in [0.15, 0.2) is 53.1 Å². The van der Waals surface area contributed by atoms with Crippen molar-refractivity contribution in [3.05, 3.63) is 70.6 Å². The predicted molar refractivity (Wildman–Crippen MR) is 96.1 cm³/mol. The van der Waals surface area contributed by atoms with Crippen LogP contribution in [0.25, 0.3) is 11.4 Å². The average Bonchev–Trinajstić information content (AvgIpc) is 3.05. The van der Waals surface area contributed by atoms with Gasteiger partial charge in [0.1, 0.15) is 0 Å². The maximum atomic E-state index is 12.4. The van der Waals surface area contributed by atoms with Gasteiger partial charge < -0.3 is 9.42 Å². The van der Waals surface area contributed by atoms with Crippen LogP contribution in [0.4, 0.5) is 0 Å². The van der Waals surface area contributed by atoms with E-state index < -0.39 is 0 Å². The number of aryl methyl sites for hydroxylation is 1. The fourth-order valence-electron chi connectivity index (χ4n) is 2.48. The van der Waals surface area contributed by atoms with Crippen molar-refractivity contribution >= 4 is 17.5 Å². The summed E-state index contributed by atoms with van der Waals surface area (Å²) in [6.07, 6.45) is 0.231. The number of carbonyl (C=O) groups is 1. The Balaban J connectivity index is 1.67. The molecule has 0 radical (unpaired) electrons. The molecule has 0 bridgehead atoms. The number of benzene rings is 2. The number of aromatic nitrogens is 2. The summed E-state index contributed by atoms with van der Waals surface area (Å²) >= 11 is 6.11. The summed E-state index contributed by atoms with van der Waals surface area (Å²) in [5.41, 5.74) is 2.78. The average molecular weight is 356 g/mol. The monoisotopic (exact) mass is 355 g/mol. The molecule has 3 aromatic rings. The van der Waals surface area contributed by atoms with Crippen LogP contribution in [0.1, 0.15) is 17.0 Å². The Kier molecular flexibility index (Phi) is 5.14. The Morgan fingerprint density at radius 3 is 2.64 bits per heavy atom. The minimum atomic E-state index is -0.0660. The number of nitrogens with zero attached hydrogens (tertiary/aromatic N) is 3. The van der Waals surface area contributed by atoms with E-state index in [1.807, 2.05) is 49.4 Å². The highest BCUT2D eigenvalue weighted by Crippen LogP contribution is 2.20. The smallest absolute Gasteiger partial charge is 0.246 e. The zero-order valence-electron chi connectivity index (χ0n) is 14.1. The van der Waals surface area contributed by atoms with Crippen molar-refractivity contribution in [2.75, 3.05) is 7.05 Å². The van der Waals surface area contributed by atoms with Gasteiger partial charge in [-0.05, 0) is 24.1 Å². The Morgan fingerprint density at radius 1 is 1.16 bits per heavy atom. The summed E-state index contributed by atoms with van der Waals surface area (Å²) in [6.45, 7) is 2.24. The maximum Gasteiger partial charge on any atom is 0.246 e. The summed E-state index contributed by atoms with van der Waals surface area (Å²) in [5.74, 6) is 0.858. The quantitative estimate of drug-likeness (QED) is 0.696. The maximum absolute atomic E-state index is 12.4. The highest BCUT2D eigenvalue weighted by Gasteiger charge is 2.16. The number of amides is 1. The number of rotatable bonds is 5. The van der Waals surface area contributed by atoms with E-state index in [1.54, 1.807) is 18.0 Å². The van der Waals surface area contributed by atoms with Crippen LogP contribution in [0.2, 0.25) is 5.02 Å². The van der Waals surface area contributed by atoms with Crippen molar-refractivity contribution in [3.63, 3.8) is 0 Å². The Hall–Kier alpha value is -2.66. The fourth-order valence-corrected chi connectivity index (χ4v) is 2.69. The Bertz CT molecular complexity index is 892. The molecule has 1 heterocycles. The van der Waals surface area contributed by atoms with Gasteiger partial charge in [0.05, 0.1) is 13.0 Å². The zero-order valence-corrected chi connectivity index (χ0v) is 14.8. The molecule has 2 aromatic carbocycles. The second-order valence-corrected chi connectivity index (χ2v) is 6.25. The number of likely N-dealkylation sites (N-methyl/N-ethyl adjacent to an activating group) is 1. The molecular formula is C19H18ClN3O2. The molecule has 0 aliphatic carbocycles. The minimum absolute atomic E-state index is 0.0660. The van der Waals surface area contributed by atoms with Crippen LogP contribution in [-0.4, -0.2) is 28.0 Å². The zero-order chi connectivity index (χ0) is 17.8. The molecule has 0 saturated heterocycles. The second-order valence-electron chi connectivity index (χ2n) is 5.84. The van der Waals surface area contributed by atoms with Gasteiger partial charge in [0.25, 0.3) is 0 Å². The number of halogens is 1. The van der Waals surface area contributed by atoms with Crippen molar-refractivity contribution in [1.82, 2.24) is 15.0 Å². The highest BCUT2D eigenvalue weighted by molar-refractivity contribution is 6.31. The first-order valence-corrected chi connectivity index (χ1v) is 8.28. The molecule has 3 rings (SSSR count). The lowest BCUT2D eigenvalue weighted by Gasteiger charge is -2.15. The number of hydrogen-bond donors (Lipinski definition) is 0. The minimum Gasteiger partial charge on any atom is -0.337 e. The van der Waals surface area contributed by atoms with Gasteiger partial charge in [0.2, 0.25) is 17.6 Å². The van der Waals surface area contributed by atoms with Crippen molar-refractivity contribution in [3.8, 4) is 11.4 Å². The van der Waals surface area contributed by atoms with E-state index in [9.17, 15) is 4.79 Å². The molecule has 0 saturated carbocycles. The number of carbonyl (C=O) groups excluding carboxylic acids is 1. The van der Waals surface area contributed by atoms with Crippen LogP contribution < -0.4 is 0 Å². The van der Waals surface area contributed by atoms with E-state index in [2.05, 4.69) is 10.1 Å². The van der Waals surface area contributed by atoms with E-state index in [0.717, 1.165) is 16.7 Å². The van der Waals surface area contributed by atoms with E-state index in [-0.39, 0.29) is 18.9 Å². The molecule has 0 atom stereocenters. The van der Waals surface area contributed by atoms with Gasteiger partial charge in [-0.25, -0.2) is 0 Å². The molecule has 25 heavy (non-hydrogen) atoms. The molecule has 1 aromatic heterocycles. The van der Waals surface area contributed by atoms with Crippen LogP contribution in [0.3, 0.4) is 0 Å². The third kappa shape index (κ3) is 4.06. The third-order valence-corrected chi connectivity index (χ3v) is 4.32. The van der Waals surface area contributed by atoms with E-state index in [4.69, 9.17) is 16.1 Å². The molecule has 5 nitrogen and oxygen atoms in total. The van der Waals surface area contributed by atoms with Gasteiger partial charge in [-0.15, -0.1) is 0 Å². The van der Waals surface area contributed by atoms with Crippen molar-refractivity contribution in [2.24, 2.45) is 0 Å². The molecule has 0 spiro atoms. The van der Waals surface area contributed by atoms with E-state index >= 15 is 0 Å². The molecule has 1 amide bonds. The summed E-state index contributed by atoms with van der Waals surface area (Å²) in [5, 5.41) is 4.60. The van der Waals surface area contributed by atoms with Crippen molar-refractivity contribution in [1.29, 1.82) is 0 Å². The lowest BCUT2D eigenvalue weighted by Crippen LogP contribution is -2.27. The second kappa shape index (κ2) is 7.49. The summed E-state index contributed by atoms with van der Waals surface area (Å²) in [6, 6.07) is 15.1. The van der Waals surface area contributed by atoms with Crippen molar-refractivity contribution < 1.29 is 9.32 Å². The first-order valence-electron chi connectivity index (χ1n) is 7.90. The lowest BCUT2D eigenvalue weighted by molar-refractivity contribution is -0.130. The van der Waals surface area contributed by atoms with Crippen LogP contribution in [0.5, 0.6) is 0 Å². The molecular weight excluding hydrogens is 338 g/mol. The third-order valence-electron chi connectivity index (χ3n) is 3.95. The summed E-state index contributed by atoms with van der Waals surface area (Å²) < 4.78 is 5.29. The van der Waals surface area contributed by atoms with Gasteiger partial charge in [-0.3, -0.25) is 4.79 Å². The van der Waals surface area contributed by atoms with Gasteiger partial charge in [0.15, 0.2) is 0 Å².